The second kappa shape index (κ2) is 8.92. The van der Waals surface area contributed by atoms with E-state index >= 15 is 0 Å². The highest BCUT2D eigenvalue weighted by Crippen LogP contribution is 2.76. The van der Waals surface area contributed by atoms with E-state index in [-0.39, 0.29) is 38.6 Å². The molecule has 4 fully saturated rings. The zero-order valence-corrected chi connectivity index (χ0v) is 26.2. The lowest BCUT2D eigenvalue weighted by Crippen LogP contribution is -2.68. The quantitative estimate of drug-likeness (QED) is 0.393. The Balaban J connectivity index is 1.43. The first-order chi connectivity index (χ1) is 19.1. The molecular formula is C35H49NO5. The van der Waals surface area contributed by atoms with Crippen LogP contribution in [-0.2, 0) is 14.3 Å². The van der Waals surface area contributed by atoms with Gasteiger partial charge in [-0.05, 0) is 104 Å². The van der Waals surface area contributed by atoms with Crippen molar-refractivity contribution in [1.82, 2.24) is 4.90 Å². The molecule has 3 saturated carbocycles. The van der Waals surface area contributed by atoms with Gasteiger partial charge in [0, 0.05) is 24.1 Å². The number of hydrogen-bond acceptors (Lipinski definition) is 5. The number of morpholine rings is 1. The summed E-state index contributed by atoms with van der Waals surface area (Å²) in [6.07, 6.45) is 13.2. The monoisotopic (exact) mass is 563 g/mol. The van der Waals surface area contributed by atoms with E-state index in [0.29, 0.717) is 37.8 Å². The number of carbonyl (C=O) groups excluding carboxylic acids is 1. The molecule has 0 amide bonds. The Hall–Kier alpha value is -2.18. The standard InChI is InChI=1S/C35H49NO5/c1-22-23-8-9-26-32(4,24(23)20-25(37)28(22)38)13-15-34(6)27-21-31(3,12-10-30(27,2)11-14-33(26,34)5)35(7,29(39)40)36-16-18-41-19-17-36/h8-9,20,27,38H,10-19,21H2,1-7H3,(H,39,40)/t27-,30-,31-,32+,33-,34+,35?/m1/s1. The molecule has 7 atom stereocenters. The molecule has 0 aromatic carbocycles. The van der Waals surface area contributed by atoms with Crippen molar-refractivity contribution in [2.45, 2.75) is 99.0 Å². The summed E-state index contributed by atoms with van der Waals surface area (Å²) in [4.78, 5) is 28.2. The van der Waals surface area contributed by atoms with E-state index in [0.717, 1.165) is 56.1 Å². The van der Waals surface area contributed by atoms with Crippen molar-refractivity contribution in [3.05, 3.63) is 46.3 Å². The van der Waals surface area contributed by atoms with Crippen molar-refractivity contribution in [3.63, 3.8) is 0 Å². The normalized spacial score (nSPS) is 44.3. The number of aliphatic hydroxyl groups excluding tert-OH is 1. The summed E-state index contributed by atoms with van der Waals surface area (Å²) < 4.78 is 5.63. The fraction of sp³-hybridized carbons (Fsp3) is 0.714. The molecule has 41 heavy (non-hydrogen) atoms. The van der Waals surface area contributed by atoms with Gasteiger partial charge in [0.05, 0.1) is 13.2 Å². The Labute approximate surface area is 245 Å². The molecule has 2 N–H and O–H groups in total. The number of nitrogens with zero attached hydrogens (tertiary/aromatic N) is 1. The molecular weight excluding hydrogens is 514 g/mol. The number of ether oxygens (including phenoxy) is 1. The first-order valence-electron chi connectivity index (χ1n) is 15.7. The summed E-state index contributed by atoms with van der Waals surface area (Å²) in [6.45, 7) is 18.3. The molecule has 1 unspecified atom stereocenters. The van der Waals surface area contributed by atoms with Gasteiger partial charge in [-0.25, -0.2) is 0 Å². The molecule has 0 spiro atoms. The third-order valence-corrected chi connectivity index (χ3v) is 14.1. The van der Waals surface area contributed by atoms with E-state index < -0.39 is 11.5 Å². The number of carboxylic acid groups (broad SMARTS) is 1. The van der Waals surface area contributed by atoms with Crippen LogP contribution in [0, 0.1) is 33.0 Å². The van der Waals surface area contributed by atoms with E-state index in [1.807, 2.05) is 13.8 Å². The number of aliphatic hydroxyl groups is 1. The van der Waals surface area contributed by atoms with Crippen LogP contribution in [0.25, 0.3) is 0 Å². The van der Waals surface area contributed by atoms with Crippen molar-refractivity contribution >= 4 is 11.8 Å². The van der Waals surface area contributed by atoms with E-state index in [9.17, 15) is 19.8 Å². The fourth-order valence-electron chi connectivity index (χ4n) is 10.7. The Kier molecular flexibility index (Phi) is 6.29. The van der Waals surface area contributed by atoms with E-state index in [4.69, 9.17) is 4.74 Å². The van der Waals surface area contributed by atoms with Crippen molar-refractivity contribution in [1.29, 1.82) is 0 Å². The van der Waals surface area contributed by atoms with Gasteiger partial charge in [0.1, 0.15) is 5.54 Å². The van der Waals surface area contributed by atoms with Crippen LogP contribution in [0.3, 0.4) is 0 Å². The van der Waals surface area contributed by atoms with Crippen molar-refractivity contribution in [3.8, 4) is 0 Å². The molecule has 0 bridgehead atoms. The number of allylic oxidation sites excluding steroid dienone is 7. The Morgan fingerprint density at radius 1 is 1.00 bits per heavy atom. The highest BCUT2D eigenvalue weighted by Gasteiger charge is 2.69. The predicted molar refractivity (Wildman–Crippen MR) is 159 cm³/mol. The molecule has 1 heterocycles. The number of rotatable bonds is 3. The third-order valence-electron chi connectivity index (χ3n) is 14.1. The zero-order chi connectivity index (χ0) is 29.8. The maximum Gasteiger partial charge on any atom is 0.324 e. The fourth-order valence-corrected chi connectivity index (χ4v) is 10.7. The molecule has 1 aliphatic heterocycles. The molecule has 0 aromatic heterocycles. The molecule has 0 radical (unpaired) electrons. The van der Waals surface area contributed by atoms with Gasteiger partial charge in [-0.2, -0.15) is 0 Å². The van der Waals surface area contributed by atoms with Crippen LogP contribution >= 0.6 is 0 Å². The molecule has 6 aliphatic rings. The van der Waals surface area contributed by atoms with Crippen LogP contribution in [0.1, 0.15) is 93.4 Å². The van der Waals surface area contributed by atoms with Crippen molar-refractivity contribution < 1.29 is 24.5 Å². The third kappa shape index (κ3) is 3.56. The molecule has 1 saturated heterocycles. The maximum atomic E-state index is 13.2. The van der Waals surface area contributed by atoms with Crippen LogP contribution < -0.4 is 0 Å². The number of hydrogen-bond donors (Lipinski definition) is 2. The second-order valence-electron chi connectivity index (χ2n) is 15.6. The number of aliphatic carboxylic acids is 1. The Bertz CT molecular complexity index is 1330. The number of carboxylic acids is 1. The van der Waals surface area contributed by atoms with E-state index in [1.165, 1.54) is 5.57 Å². The summed E-state index contributed by atoms with van der Waals surface area (Å²) in [5, 5.41) is 21.2. The largest absolute Gasteiger partial charge is 0.504 e. The predicted octanol–water partition coefficient (Wildman–Crippen LogP) is 6.79. The molecule has 6 nitrogen and oxygen atoms in total. The first-order valence-corrected chi connectivity index (χ1v) is 15.7. The minimum absolute atomic E-state index is 0.00491. The number of fused-ring (bicyclic) bond motifs is 7. The molecule has 6 heteroatoms. The molecule has 0 aromatic rings. The average molecular weight is 564 g/mol. The van der Waals surface area contributed by atoms with Gasteiger partial charge in [-0.15, -0.1) is 0 Å². The minimum atomic E-state index is -0.952. The van der Waals surface area contributed by atoms with Crippen LogP contribution in [0.15, 0.2) is 46.3 Å². The van der Waals surface area contributed by atoms with Gasteiger partial charge in [0.15, 0.2) is 5.76 Å². The summed E-state index contributed by atoms with van der Waals surface area (Å²) >= 11 is 0. The summed E-state index contributed by atoms with van der Waals surface area (Å²) in [6, 6.07) is 0. The maximum absolute atomic E-state index is 13.2. The van der Waals surface area contributed by atoms with Crippen LogP contribution in [-0.4, -0.2) is 58.7 Å². The minimum Gasteiger partial charge on any atom is -0.504 e. The highest BCUT2D eigenvalue weighted by molar-refractivity contribution is 6.06. The van der Waals surface area contributed by atoms with E-state index in [2.05, 4.69) is 51.7 Å². The lowest BCUT2D eigenvalue weighted by atomic mass is 9.34. The summed E-state index contributed by atoms with van der Waals surface area (Å²) in [5.74, 6) is -0.746. The smallest absolute Gasteiger partial charge is 0.324 e. The number of ketones is 1. The Morgan fingerprint density at radius 2 is 1.66 bits per heavy atom. The molecule has 6 rings (SSSR count). The van der Waals surface area contributed by atoms with Gasteiger partial charge in [0.25, 0.3) is 0 Å². The van der Waals surface area contributed by atoms with Crippen molar-refractivity contribution in [2.75, 3.05) is 26.3 Å². The Morgan fingerprint density at radius 3 is 2.32 bits per heavy atom. The average Bonchev–Trinajstić information content (AvgIpc) is 2.94. The van der Waals surface area contributed by atoms with Gasteiger partial charge in [-0.3, -0.25) is 14.5 Å². The van der Waals surface area contributed by atoms with Crippen LogP contribution in [0.4, 0.5) is 0 Å². The van der Waals surface area contributed by atoms with E-state index in [1.54, 1.807) is 6.08 Å². The lowest BCUT2D eigenvalue weighted by Gasteiger charge is -2.71. The highest BCUT2D eigenvalue weighted by atomic mass is 16.5. The zero-order valence-electron chi connectivity index (χ0n) is 26.2. The van der Waals surface area contributed by atoms with Crippen LogP contribution in [0.2, 0.25) is 0 Å². The summed E-state index contributed by atoms with van der Waals surface area (Å²) in [7, 11) is 0. The molecule has 224 valence electrons. The van der Waals surface area contributed by atoms with Crippen LogP contribution in [0.5, 0.6) is 0 Å². The molecule has 5 aliphatic carbocycles. The van der Waals surface area contributed by atoms with Gasteiger partial charge < -0.3 is 14.9 Å². The SMILES string of the molecule is CC1=C(O)C(=O)C=C2C1=CC=C1[C@@]2(C)CC[C@@]2(C)[C@@H]3C[C@](C)(C(C)(C(=O)O)N4CCOCC4)CC[C@]3(C)CC[C@]12C. The van der Waals surface area contributed by atoms with Crippen molar-refractivity contribution in [2.24, 2.45) is 33.0 Å². The van der Waals surface area contributed by atoms with Gasteiger partial charge in [0.2, 0.25) is 5.78 Å². The second-order valence-corrected chi connectivity index (χ2v) is 15.6. The topological polar surface area (TPSA) is 87.1 Å². The van der Waals surface area contributed by atoms with Gasteiger partial charge >= 0.3 is 5.97 Å². The van der Waals surface area contributed by atoms with Gasteiger partial charge in [-0.1, -0.05) is 52.3 Å². The number of carbonyl (C=O) groups is 2. The summed E-state index contributed by atoms with van der Waals surface area (Å²) in [5.41, 5.74) is 2.66. The first kappa shape index (κ1) is 28.9. The lowest BCUT2D eigenvalue weighted by molar-refractivity contribution is -0.197.